The monoisotopic (exact) mass is 407 g/mol. The Morgan fingerprint density at radius 3 is 2.52 bits per heavy atom. The second kappa shape index (κ2) is 7.60. The molecule has 0 aliphatic heterocycles. The van der Waals surface area contributed by atoms with E-state index in [0.717, 1.165) is 11.1 Å². The van der Waals surface area contributed by atoms with Crippen molar-refractivity contribution >= 4 is 33.1 Å². The summed E-state index contributed by atoms with van der Waals surface area (Å²) in [5.74, 6) is -0.652. The zero-order chi connectivity index (χ0) is 20.5. The average molecular weight is 407 g/mol. The van der Waals surface area contributed by atoms with Gasteiger partial charge in [-0.15, -0.1) is 11.3 Å². The summed E-state index contributed by atoms with van der Waals surface area (Å²) in [5, 5.41) is 5.08. The Morgan fingerprint density at radius 2 is 1.83 bits per heavy atom. The van der Waals surface area contributed by atoms with Crippen LogP contribution in [0.1, 0.15) is 18.5 Å². The lowest BCUT2D eigenvalue weighted by Crippen LogP contribution is -2.31. The zero-order valence-electron chi connectivity index (χ0n) is 15.8. The van der Waals surface area contributed by atoms with Crippen molar-refractivity contribution in [2.45, 2.75) is 19.9 Å². The highest BCUT2D eigenvalue weighted by Crippen LogP contribution is 2.31. The lowest BCUT2D eigenvalue weighted by molar-refractivity contribution is -0.118. The van der Waals surface area contributed by atoms with Crippen molar-refractivity contribution in [3.63, 3.8) is 0 Å². The third kappa shape index (κ3) is 3.69. The average Bonchev–Trinajstić information content (AvgIpc) is 3.15. The molecule has 0 fully saturated rings. The van der Waals surface area contributed by atoms with Crippen LogP contribution in [0.15, 0.2) is 65.0 Å². The number of nitrogens with zero attached hydrogens (tertiary/aromatic N) is 2. The van der Waals surface area contributed by atoms with Crippen molar-refractivity contribution in [3.8, 4) is 11.1 Å². The molecule has 4 rings (SSSR count). The Bertz CT molecular complexity index is 1240. The Morgan fingerprint density at radius 1 is 1.14 bits per heavy atom. The summed E-state index contributed by atoms with van der Waals surface area (Å²) in [5.41, 5.74) is 2.86. The van der Waals surface area contributed by atoms with E-state index in [1.54, 1.807) is 19.1 Å². The number of amides is 1. The molecule has 29 heavy (non-hydrogen) atoms. The Kier molecular flexibility index (Phi) is 4.98. The van der Waals surface area contributed by atoms with Crippen molar-refractivity contribution < 1.29 is 9.18 Å². The first-order valence-corrected chi connectivity index (χ1v) is 9.94. The molecule has 0 unspecified atom stereocenters. The largest absolute Gasteiger partial charge is 0.324 e. The van der Waals surface area contributed by atoms with E-state index >= 15 is 0 Å². The summed E-state index contributed by atoms with van der Waals surface area (Å²) < 4.78 is 14.6. The summed E-state index contributed by atoms with van der Waals surface area (Å²) in [4.78, 5) is 30.8. The van der Waals surface area contributed by atoms with Gasteiger partial charge in [0.05, 0.1) is 11.7 Å². The minimum absolute atomic E-state index is 0.304. The smallest absolute Gasteiger partial charge is 0.263 e. The van der Waals surface area contributed by atoms with Crippen LogP contribution < -0.4 is 10.9 Å². The predicted octanol–water partition coefficient (Wildman–Crippen LogP) is 4.77. The topological polar surface area (TPSA) is 64.0 Å². The second-order valence-corrected chi connectivity index (χ2v) is 7.68. The van der Waals surface area contributed by atoms with Crippen LogP contribution in [0.25, 0.3) is 21.3 Å². The third-order valence-corrected chi connectivity index (χ3v) is 5.68. The minimum Gasteiger partial charge on any atom is -0.324 e. The van der Waals surface area contributed by atoms with Gasteiger partial charge in [0.15, 0.2) is 0 Å². The number of anilines is 1. The lowest BCUT2D eigenvalue weighted by atomic mass is 10.1. The quantitative estimate of drug-likeness (QED) is 0.530. The number of thiophene rings is 1. The maximum absolute atomic E-state index is 13.3. The molecule has 0 spiro atoms. The number of nitrogens with one attached hydrogen (secondary N) is 1. The van der Waals surface area contributed by atoms with E-state index in [2.05, 4.69) is 10.3 Å². The van der Waals surface area contributed by atoms with Gasteiger partial charge < -0.3 is 5.32 Å². The molecular formula is C22H18FN3O2S. The highest BCUT2D eigenvalue weighted by atomic mass is 32.1. The molecule has 2 aromatic heterocycles. The summed E-state index contributed by atoms with van der Waals surface area (Å²) in [6, 6.07) is 12.6. The van der Waals surface area contributed by atoms with Crippen LogP contribution in [0.3, 0.4) is 0 Å². The fourth-order valence-electron chi connectivity index (χ4n) is 3.07. The number of hydrogen-bond acceptors (Lipinski definition) is 4. The molecule has 0 aliphatic carbocycles. The van der Waals surface area contributed by atoms with Gasteiger partial charge in [-0.25, -0.2) is 9.37 Å². The standard InChI is InChI=1S/C22H18FN3O2S/c1-13-3-9-17(10-4-13)25-20(27)14(2)26-12-24-21-19(22(26)28)18(11-29-21)15-5-7-16(23)8-6-15/h3-12,14H,1-2H3,(H,25,27)/t14-/m1/s1. The Labute approximate surface area is 170 Å². The highest BCUT2D eigenvalue weighted by Gasteiger charge is 2.20. The molecule has 2 heterocycles. The first-order valence-electron chi connectivity index (χ1n) is 9.06. The van der Waals surface area contributed by atoms with Crippen LogP contribution in [0, 0.1) is 12.7 Å². The van der Waals surface area contributed by atoms with Crippen LogP contribution in [0.2, 0.25) is 0 Å². The number of benzene rings is 2. The van der Waals surface area contributed by atoms with E-state index < -0.39 is 6.04 Å². The number of rotatable bonds is 4. The molecule has 0 bridgehead atoms. The van der Waals surface area contributed by atoms with Crippen molar-refractivity contribution in [1.29, 1.82) is 0 Å². The van der Waals surface area contributed by atoms with E-state index in [9.17, 15) is 14.0 Å². The normalized spacial score (nSPS) is 12.1. The van der Waals surface area contributed by atoms with E-state index in [0.29, 0.717) is 21.5 Å². The fraction of sp³-hybridized carbons (Fsp3) is 0.136. The van der Waals surface area contributed by atoms with Gasteiger partial charge in [0, 0.05) is 16.6 Å². The van der Waals surface area contributed by atoms with Crippen LogP contribution in [0.5, 0.6) is 0 Å². The highest BCUT2D eigenvalue weighted by molar-refractivity contribution is 7.17. The van der Waals surface area contributed by atoms with Crippen molar-refractivity contribution in [2.24, 2.45) is 0 Å². The van der Waals surface area contributed by atoms with Crippen molar-refractivity contribution in [1.82, 2.24) is 9.55 Å². The molecule has 5 nitrogen and oxygen atoms in total. The summed E-state index contributed by atoms with van der Waals surface area (Å²) in [6.45, 7) is 3.62. The maximum Gasteiger partial charge on any atom is 0.263 e. The molecule has 1 atom stereocenters. The number of aromatic nitrogens is 2. The van der Waals surface area contributed by atoms with Gasteiger partial charge in [-0.1, -0.05) is 29.8 Å². The van der Waals surface area contributed by atoms with Gasteiger partial charge >= 0.3 is 0 Å². The first-order chi connectivity index (χ1) is 13.9. The molecule has 7 heteroatoms. The lowest BCUT2D eigenvalue weighted by Gasteiger charge is -2.15. The number of halogens is 1. The second-order valence-electron chi connectivity index (χ2n) is 6.82. The zero-order valence-corrected chi connectivity index (χ0v) is 16.7. The predicted molar refractivity (Wildman–Crippen MR) is 114 cm³/mol. The molecule has 1 amide bonds. The molecule has 146 valence electrons. The van der Waals surface area contributed by atoms with Gasteiger partial charge in [0.2, 0.25) is 5.91 Å². The van der Waals surface area contributed by atoms with Crippen LogP contribution in [0.4, 0.5) is 10.1 Å². The summed E-state index contributed by atoms with van der Waals surface area (Å²) >= 11 is 1.34. The number of aryl methyl sites for hydroxylation is 1. The number of carbonyl (C=O) groups excluding carboxylic acids is 1. The van der Waals surface area contributed by atoms with Gasteiger partial charge in [-0.2, -0.15) is 0 Å². The molecule has 4 aromatic rings. The van der Waals surface area contributed by atoms with E-state index in [1.165, 1.54) is 34.4 Å². The molecule has 0 saturated carbocycles. The van der Waals surface area contributed by atoms with Crippen LogP contribution in [-0.2, 0) is 4.79 Å². The van der Waals surface area contributed by atoms with Crippen molar-refractivity contribution in [3.05, 3.63) is 82.0 Å². The molecule has 1 N–H and O–H groups in total. The summed E-state index contributed by atoms with van der Waals surface area (Å²) in [6.07, 6.45) is 1.40. The van der Waals surface area contributed by atoms with Crippen molar-refractivity contribution in [2.75, 3.05) is 5.32 Å². The van der Waals surface area contributed by atoms with E-state index in [-0.39, 0.29) is 17.3 Å². The van der Waals surface area contributed by atoms with E-state index in [1.807, 2.05) is 36.6 Å². The van der Waals surface area contributed by atoms with Gasteiger partial charge in [0.1, 0.15) is 16.7 Å². The molecule has 0 saturated heterocycles. The number of hydrogen-bond donors (Lipinski definition) is 1. The van der Waals surface area contributed by atoms with Crippen LogP contribution in [-0.4, -0.2) is 15.5 Å². The minimum atomic E-state index is -0.748. The Hall–Kier alpha value is -3.32. The molecular weight excluding hydrogens is 389 g/mol. The Balaban J connectivity index is 1.70. The van der Waals surface area contributed by atoms with Crippen LogP contribution >= 0.6 is 11.3 Å². The molecule has 0 radical (unpaired) electrons. The summed E-state index contributed by atoms with van der Waals surface area (Å²) in [7, 11) is 0. The SMILES string of the molecule is Cc1ccc(NC(=O)[C@@H](C)n2cnc3scc(-c4ccc(F)cc4)c3c2=O)cc1. The van der Waals surface area contributed by atoms with E-state index in [4.69, 9.17) is 0 Å². The van der Waals surface area contributed by atoms with Gasteiger partial charge in [-0.05, 0) is 43.7 Å². The van der Waals surface area contributed by atoms with Gasteiger partial charge in [0.25, 0.3) is 5.56 Å². The molecule has 2 aromatic carbocycles. The maximum atomic E-state index is 13.3. The third-order valence-electron chi connectivity index (χ3n) is 4.79. The fourth-order valence-corrected chi connectivity index (χ4v) is 3.98. The number of carbonyl (C=O) groups is 1. The first kappa shape index (κ1) is 19.0. The number of fused-ring (bicyclic) bond motifs is 1. The molecule has 0 aliphatic rings. The van der Waals surface area contributed by atoms with Gasteiger partial charge in [-0.3, -0.25) is 14.2 Å².